The Bertz CT molecular complexity index is 783. The van der Waals surface area contributed by atoms with E-state index in [1.165, 1.54) is 0 Å². The van der Waals surface area contributed by atoms with E-state index in [4.69, 9.17) is 5.73 Å². The highest BCUT2D eigenvalue weighted by molar-refractivity contribution is 5.28. The van der Waals surface area contributed by atoms with Crippen LogP contribution in [0.15, 0.2) is 18.2 Å². The van der Waals surface area contributed by atoms with E-state index >= 15 is 0 Å². The molecule has 0 amide bonds. The summed E-state index contributed by atoms with van der Waals surface area (Å²) in [5, 5.41) is 6.44. The molecule has 0 aliphatic carbocycles. The molecule has 3 fully saturated rings. The molecule has 0 radical (unpaired) electrons. The maximum absolute atomic E-state index is 14.6. The normalized spacial score (nSPS) is 33.4. The predicted molar refractivity (Wildman–Crippen MR) is 103 cm³/mol. The van der Waals surface area contributed by atoms with E-state index in [2.05, 4.69) is 15.5 Å². The van der Waals surface area contributed by atoms with Gasteiger partial charge in [-0.25, -0.2) is 9.29 Å². The Labute approximate surface area is 172 Å². The van der Waals surface area contributed by atoms with E-state index in [0.717, 1.165) is 49.4 Å². The third kappa shape index (κ3) is 4.10. The van der Waals surface area contributed by atoms with Crippen LogP contribution in [-0.2, 0) is 6.18 Å². The number of halogens is 4. The first-order valence-corrected chi connectivity index (χ1v) is 10.5. The highest BCUT2D eigenvalue weighted by atomic mass is 19.4. The zero-order valence-electron chi connectivity index (χ0n) is 16.7. The molecule has 166 valence electrons. The van der Waals surface area contributed by atoms with Crippen molar-refractivity contribution in [2.24, 2.45) is 23.5 Å². The lowest BCUT2D eigenvalue weighted by Gasteiger charge is -2.37. The van der Waals surface area contributed by atoms with Crippen molar-refractivity contribution in [3.05, 3.63) is 40.1 Å². The molecule has 1 aromatic rings. The van der Waals surface area contributed by atoms with Gasteiger partial charge in [0.1, 0.15) is 5.82 Å². The fourth-order valence-electron chi connectivity index (χ4n) is 5.14. The van der Waals surface area contributed by atoms with Gasteiger partial charge >= 0.3 is 6.18 Å². The minimum Gasteiger partial charge on any atom is -0.330 e. The summed E-state index contributed by atoms with van der Waals surface area (Å²) in [6, 6.07) is 2.37. The van der Waals surface area contributed by atoms with Crippen molar-refractivity contribution in [3.8, 4) is 0 Å². The van der Waals surface area contributed by atoms with Crippen LogP contribution in [-0.4, -0.2) is 55.1 Å². The van der Waals surface area contributed by atoms with Gasteiger partial charge in [0.15, 0.2) is 0 Å². The van der Waals surface area contributed by atoms with Crippen molar-refractivity contribution in [2.75, 3.05) is 39.3 Å². The Hall–Kier alpha value is -1.62. The summed E-state index contributed by atoms with van der Waals surface area (Å²) < 4.78 is 54.2. The highest BCUT2D eigenvalue weighted by Gasteiger charge is 2.53. The fraction of sp³-hybridized carbons (Fsp3) is 0.700. The number of nitrogens with two attached hydrogens (primary N) is 1. The number of hydrogen-bond acceptors (Lipinski definition) is 5. The zero-order chi connectivity index (χ0) is 21.5. The molecule has 0 saturated carbocycles. The first kappa shape index (κ1) is 21.6. The number of nitroso groups, excluding NO2 is 1. The van der Waals surface area contributed by atoms with E-state index in [0.29, 0.717) is 37.5 Å². The van der Waals surface area contributed by atoms with Crippen molar-refractivity contribution >= 4 is 0 Å². The van der Waals surface area contributed by atoms with Gasteiger partial charge in [0.25, 0.3) is 12.3 Å². The lowest BCUT2D eigenvalue weighted by molar-refractivity contribution is -0.672. The van der Waals surface area contributed by atoms with Crippen molar-refractivity contribution in [1.29, 1.82) is 0 Å². The summed E-state index contributed by atoms with van der Waals surface area (Å²) in [6.07, 6.45) is -4.25. The fourth-order valence-corrected chi connectivity index (χ4v) is 5.14. The molecule has 0 bridgehead atoms. The Kier molecular flexibility index (Phi) is 6.11. The minimum absolute atomic E-state index is 0.0442. The predicted octanol–water partition coefficient (Wildman–Crippen LogP) is 2.06. The molecule has 6 nitrogen and oxygen atoms in total. The summed E-state index contributed by atoms with van der Waals surface area (Å²) in [6.45, 7) is 4.22. The van der Waals surface area contributed by atoms with Crippen LogP contribution in [0, 0.1) is 28.5 Å². The van der Waals surface area contributed by atoms with Crippen LogP contribution in [0.25, 0.3) is 0 Å². The van der Waals surface area contributed by atoms with Crippen molar-refractivity contribution < 1.29 is 22.3 Å². The maximum atomic E-state index is 14.6. The van der Waals surface area contributed by atoms with Gasteiger partial charge in [0.05, 0.1) is 17.0 Å². The molecule has 0 spiro atoms. The molecule has 4 N–H and O–H groups in total. The largest absolute Gasteiger partial charge is 0.416 e. The monoisotopic (exact) mass is 430 g/mol. The molecule has 3 aliphatic heterocycles. The third-order valence-corrected chi connectivity index (χ3v) is 6.80. The average molecular weight is 430 g/mol. The smallest absolute Gasteiger partial charge is 0.330 e. The molecular formula is C20H28F4N5O+. The SMILES string of the molecule is NCC1CCN(C2C(C3CCNC3)CNC(c3ccc(C(F)(F)F)cc3F)[N+]2=O)C1. The van der Waals surface area contributed by atoms with Gasteiger partial charge in [-0.3, -0.25) is 5.32 Å². The molecular weight excluding hydrogens is 402 g/mol. The molecule has 3 aliphatic rings. The van der Waals surface area contributed by atoms with Gasteiger partial charge in [-0.1, -0.05) is 0 Å². The minimum atomic E-state index is -4.63. The second-order valence-corrected chi connectivity index (χ2v) is 8.62. The molecule has 10 heteroatoms. The third-order valence-electron chi connectivity index (χ3n) is 6.80. The number of rotatable bonds is 4. The molecule has 5 atom stereocenters. The van der Waals surface area contributed by atoms with Gasteiger partial charge in [-0.05, 0) is 62.5 Å². The van der Waals surface area contributed by atoms with E-state index in [9.17, 15) is 22.5 Å². The molecule has 5 unspecified atom stereocenters. The van der Waals surface area contributed by atoms with E-state index in [-0.39, 0.29) is 11.5 Å². The Morgan fingerprint density at radius 3 is 2.63 bits per heavy atom. The van der Waals surface area contributed by atoms with Crippen LogP contribution in [0.2, 0.25) is 0 Å². The van der Waals surface area contributed by atoms with Crippen molar-refractivity contribution in [3.63, 3.8) is 0 Å². The quantitative estimate of drug-likeness (QED) is 0.504. The van der Waals surface area contributed by atoms with Gasteiger partial charge in [0, 0.05) is 29.3 Å². The molecule has 1 aromatic carbocycles. The Morgan fingerprint density at radius 2 is 2.03 bits per heavy atom. The number of nitrogens with one attached hydrogen (secondary N) is 2. The second-order valence-electron chi connectivity index (χ2n) is 8.62. The average Bonchev–Trinajstić information content (AvgIpc) is 3.39. The van der Waals surface area contributed by atoms with E-state index in [1.54, 1.807) is 0 Å². The standard InChI is InChI=1S/C20H28F4N5O/c21-17-7-14(20(22,23)24)1-2-15(17)18-27-10-16(13-3-5-26-9-13)19(29(18)30)28-6-4-12(8-25)11-28/h1-2,7,12-13,16,18-19,26-27H,3-6,8-11,25H2/q+1. The Balaban J connectivity index is 1.61. The zero-order valence-corrected chi connectivity index (χ0v) is 16.7. The lowest BCUT2D eigenvalue weighted by atomic mass is 9.85. The van der Waals surface area contributed by atoms with Crippen molar-refractivity contribution in [1.82, 2.24) is 15.5 Å². The number of hydrogen-bond donors (Lipinski definition) is 3. The van der Waals surface area contributed by atoms with Crippen LogP contribution in [0.5, 0.6) is 0 Å². The summed E-state index contributed by atoms with van der Waals surface area (Å²) in [7, 11) is 0. The highest BCUT2D eigenvalue weighted by Crippen LogP contribution is 2.37. The number of alkyl halides is 3. The summed E-state index contributed by atoms with van der Waals surface area (Å²) in [5.41, 5.74) is 4.71. The molecule has 4 rings (SSSR count). The van der Waals surface area contributed by atoms with Crippen LogP contribution in [0.4, 0.5) is 17.6 Å². The lowest BCUT2D eigenvalue weighted by Crippen LogP contribution is -2.59. The Morgan fingerprint density at radius 1 is 1.23 bits per heavy atom. The first-order valence-electron chi connectivity index (χ1n) is 10.5. The van der Waals surface area contributed by atoms with Crippen molar-refractivity contribution in [2.45, 2.75) is 31.3 Å². The summed E-state index contributed by atoms with van der Waals surface area (Å²) in [4.78, 5) is 15.6. The van der Waals surface area contributed by atoms with Gasteiger partial charge < -0.3 is 11.1 Å². The van der Waals surface area contributed by atoms with Crippen LogP contribution >= 0.6 is 0 Å². The molecule has 30 heavy (non-hydrogen) atoms. The van der Waals surface area contributed by atoms with Crippen LogP contribution in [0.3, 0.4) is 0 Å². The molecule has 3 heterocycles. The van der Waals surface area contributed by atoms with Gasteiger partial charge in [-0.2, -0.15) is 13.2 Å². The van der Waals surface area contributed by atoms with Gasteiger partial charge in [0.2, 0.25) is 0 Å². The van der Waals surface area contributed by atoms with Crippen LogP contribution in [0.1, 0.15) is 30.1 Å². The van der Waals surface area contributed by atoms with Gasteiger partial charge in [-0.15, -0.1) is 0 Å². The maximum Gasteiger partial charge on any atom is 0.416 e. The summed E-state index contributed by atoms with van der Waals surface area (Å²) in [5.74, 6) is -0.349. The number of nitrogens with zero attached hydrogens (tertiary/aromatic N) is 2. The van der Waals surface area contributed by atoms with E-state index in [1.807, 2.05) is 0 Å². The number of likely N-dealkylation sites (tertiary alicyclic amines) is 1. The van der Waals surface area contributed by atoms with E-state index < -0.39 is 29.9 Å². The van der Waals surface area contributed by atoms with Crippen LogP contribution < -0.4 is 16.4 Å². The molecule has 3 saturated heterocycles. The summed E-state index contributed by atoms with van der Waals surface area (Å²) >= 11 is 0. The molecule has 0 aromatic heterocycles. The number of benzene rings is 1. The first-order chi connectivity index (χ1) is 14.3. The second kappa shape index (κ2) is 8.49. The topological polar surface area (TPSA) is 73.4 Å².